The number of ketones is 1. The Labute approximate surface area is 109 Å². The fraction of sp³-hybridized carbons (Fsp3) is 0.417. The first-order valence-corrected chi connectivity index (χ1v) is 6.10. The summed E-state index contributed by atoms with van der Waals surface area (Å²) in [6, 6.07) is 3.78. The monoisotopic (exact) mass is 271 g/mol. The van der Waals surface area contributed by atoms with Crippen LogP contribution in [-0.2, 0) is 0 Å². The Kier molecular flexibility index (Phi) is 4.06. The predicted octanol–water partition coefficient (Wildman–Crippen LogP) is 0.567. The number of hydrogen-bond donors (Lipinski definition) is 2. The van der Waals surface area contributed by atoms with Gasteiger partial charge in [0.25, 0.3) is 0 Å². The minimum Gasteiger partial charge on any atom is -0.486 e. The van der Waals surface area contributed by atoms with Crippen LogP contribution >= 0.6 is 11.6 Å². The third kappa shape index (κ3) is 2.58. The Morgan fingerprint density at radius 1 is 1.39 bits per heavy atom. The number of ether oxygens (including phenoxy) is 2. The van der Waals surface area contributed by atoms with Gasteiger partial charge in [0.1, 0.15) is 13.2 Å². The fourth-order valence-electron chi connectivity index (χ4n) is 1.66. The highest BCUT2D eigenvalue weighted by Crippen LogP contribution is 2.31. The molecular weight excluding hydrogens is 258 g/mol. The lowest BCUT2D eigenvalue weighted by Gasteiger charge is -2.20. The summed E-state index contributed by atoms with van der Waals surface area (Å²) in [5.74, 6) is 0.654. The van der Waals surface area contributed by atoms with Gasteiger partial charge in [-0.25, -0.2) is 0 Å². The van der Waals surface area contributed by atoms with Crippen molar-refractivity contribution in [3.05, 3.63) is 23.8 Å². The molecule has 1 aromatic rings. The van der Waals surface area contributed by atoms with Crippen LogP contribution in [0.4, 0.5) is 0 Å². The minimum absolute atomic E-state index is 0.0859. The molecule has 0 fully saturated rings. The lowest BCUT2D eigenvalue weighted by Crippen LogP contribution is -2.42. The summed E-state index contributed by atoms with van der Waals surface area (Å²) < 4.78 is 10.7. The molecule has 2 rings (SSSR count). The molecule has 0 spiro atoms. The second kappa shape index (κ2) is 5.56. The molecule has 0 saturated carbocycles. The number of halogens is 1. The zero-order chi connectivity index (χ0) is 13.1. The number of carbonyl (C=O) groups excluding carboxylic acids is 1. The Morgan fingerprint density at radius 3 is 2.72 bits per heavy atom. The molecule has 98 valence electrons. The van der Waals surface area contributed by atoms with Crippen molar-refractivity contribution in [3.8, 4) is 11.5 Å². The third-order valence-corrected chi connectivity index (χ3v) is 3.02. The maximum atomic E-state index is 12.0. The maximum Gasteiger partial charge on any atom is 0.182 e. The molecule has 18 heavy (non-hydrogen) atoms. The summed E-state index contributed by atoms with van der Waals surface area (Å²) in [7, 11) is 0. The Bertz CT molecular complexity index is 452. The van der Waals surface area contributed by atoms with Gasteiger partial charge in [0.2, 0.25) is 0 Å². The van der Waals surface area contributed by atoms with Crippen molar-refractivity contribution in [2.24, 2.45) is 5.73 Å². The van der Waals surface area contributed by atoms with E-state index in [0.717, 1.165) is 0 Å². The molecule has 5 nitrogen and oxygen atoms in total. The molecule has 0 saturated heterocycles. The highest BCUT2D eigenvalue weighted by molar-refractivity contribution is 6.18. The van der Waals surface area contributed by atoms with E-state index in [4.69, 9.17) is 26.8 Å². The van der Waals surface area contributed by atoms with Crippen LogP contribution in [-0.4, -0.2) is 42.1 Å². The number of aliphatic hydroxyl groups is 1. The number of nitrogens with two attached hydrogens (primary N) is 1. The van der Waals surface area contributed by atoms with Crippen molar-refractivity contribution in [1.29, 1.82) is 0 Å². The van der Waals surface area contributed by atoms with Crippen LogP contribution in [0.25, 0.3) is 0 Å². The van der Waals surface area contributed by atoms with E-state index in [1.165, 1.54) is 0 Å². The van der Waals surface area contributed by atoms with Gasteiger partial charge in [-0.3, -0.25) is 4.79 Å². The number of hydrogen-bond acceptors (Lipinski definition) is 5. The number of carbonyl (C=O) groups is 1. The van der Waals surface area contributed by atoms with E-state index in [1.807, 2.05) is 0 Å². The SMILES string of the molecule is NC(C(=O)c1ccc2c(c1)OCCO2)C(O)CCl. The van der Waals surface area contributed by atoms with Gasteiger partial charge in [-0.2, -0.15) is 0 Å². The summed E-state index contributed by atoms with van der Waals surface area (Å²) in [6.07, 6.45) is -1.06. The van der Waals surface area contributed by atoms with Gasteiger partial charge < -0.3 is 20.3 Å². The minimum atomic E-state index is -1.06. The van der Waals surface area contributed by atoms with Crippen molar-refractivity contribution >= 4 is 17.4 Å². The van der Waals surface area contributed by atoms with Crippen LogP contribution in [0.2, 0.25) is 0 Å². The lowest BCUT2D eigenvalue weighted by molar-refractivity contribution is 0.0850. The summed E-state index contributed by atoms with van der Waals surface area (Å²) in [4.78, 5) is 12.0. The van der Waals surface area contributed by atoms with Crippen LogP contribution in [0, 0.1) is 0 Å². The second-order valence-electron chi connectivity index (χ2n) is 3.97. The maximum absolute atomic E-state index is 12.0. The van der Waals surface area contributed by atoms with E-state index in [2.05, 4.69) is 0 Å². The van der Waals surface area contributed by atoms with Crippen LogP contribution in [0.15, 0.2) is 18.2 Å². The van der Waals surface area contributed by atoms with Gasteiger partial charge in [-0.1, -0.05) is 0 Å². The molecular formula is C12H14ClNO4. The molecule has 6 heteroatoms. The van der Waals surface area contributed by atoms with Crippen molar-refractivity contribution in [1.82, 2.24) is 0 Å². The highest BCUT2D eigenvalue weighted by Gasteiger charge is 2.24. The van der Waals surface area contributed by atoms with Crippen LogP contribution in [0.5, 0.6) is 11.5 Å². The van der Waals surface area contributed by atoms with Gasteiger partial charge in [-0.05, 0) is 18.2 Å². The van der Waals surface area contributed by atoms with Gasteiger partial charge in [0.15, 0.2) is 17.3 Å². The fourth-order valence-corrected chi connectivity index (χ4v) is 1.85. The number of benzene rings is 1. The summed E-state index contributed by atoms with van der Waals surface area (Å²) >= 11 is 5.47. The zero-order valence-corrected chi connectivity index (χ0v) is 10.4. The Morgan fingerprint density at radius 2 is 2.06 bits per heavy atom. The highest BCUT2D eigenvalue weighted by atomic mass is 35.5. The lowest BCUT2D eigenvalue weighted by atomic mass is 10.0. The van der Waals surface area contributed by atoms with Crippen molar-refractivity contribution in [2.75, 3.05) is 19.1 Å². The third-order valence-electron chi connectivity index (χ3n) is 2.70. The van der Waals surface area contributed by atoms with Gasteiger partial charge >= 0.3 is 0 Å². The van der Waals surface area contributed by atoms with Crippen molar-refractivity contribution in [3.63, 3.8) is 0 Å². The van der Waals surface area contributed by atoms with E-state index >= 15 is 0 Å². The molecule has 1 heterocycles. The molecule has 1 aliphatic rings. The Balaban J connectivity index is 2.20. The average Bonchev–Trinajstić information content (AvgIpc) is 2.44. The number of fused-ring (bicyclic) bond motifs is 1. The second-order valence-corrected chi connectivity index (χ2v) is 4.28. The van der Waals surface area contributed by atoms with E-state index in [1.54, 1.807) is 18.2 Å². The number of rotatable bonds is 4. The molecule has 1 aliphatic heterocycles. The van der Waals surface area contributed by atoms with Gasteiger partial charge in [0.05, 0.1) is 18.0 Å². The number of Topliss-reactive ketones (excluding diaryl/α,β-unsaturated/α-hetero) is 1. The van der Waals surface area contributed by atoms with Gasteiger partial charge in [0, 0.05) is 5.56 Å². The zero-order valence-electron chi connectivity index (χ0n) is 9.64. The Hall–Kier alpha value is -1.30. The predicted molar refractivity (Wildman–Crippen MR) is 66.5 cm³/mol. The normalized spacial score (nSPS) is 17.1. The van der Waals surface area contributed by atoms with Crippen LogP contribution in [0.1, 0.15) is 10.4 Å². The number of alkyl halides is 1. The molecule has 0 amide bonds. The molecule has 2 unspecified atom stereocenters. The molecule has 0 aromatic heterocycles. The van der Waals surface area contributed by atoms with Crippen molar-refractivity contribution < 1.29 is 19.4 Å². The van der Waals surface area contributed by atoms with Crippen molar-refractivity contribution in [2.45, 2.75) is 12.1 Å². The summed E-state index contributed by atoms with van der Waals surface area (Å²) in [5.41, 5.74) is 5.99. The quantitative estimate of drug-likeness (QED) is 0.618. The van der Waals surface area contributed by atoms with E-state index in [9.17, 15) is 9.90 Å². The number of aliphatic hydroxyl groups excluding tert-OH is 1. The van der Waals surface area contributed by atoms with E-state index in [0.29, 0.717) is 30.3 Å². The summed E-state index contributed by atoms with van der Waals surface area (Å²) in [5, 5.41) is 9.46. The van der Waals surface area contributed by atoms with Crippen LogP contribution in [0.3, 0.4) is 0 Å². The largest absolute Gasteiger partial charge is 0.486 e. The first kappa shape index (κ1) is 13.1. The molecule has 2 atom stereocenters. The molecule has 0 aliphatic carbocycles. The average molecular weight is 272 g/mol. The first-order valence-electron chi connectivity index (χ1n) is 5.57. The van der Waals surface area contributed by atoms with E-state index in [-0.39, 0.29) is 11.7 Å². The van der Waals surface area contributed by atoms with Crippen LogP contribution < -0.4 is 15.2 Å². The van der Waals surface area contributed by atoms with E-state index < -0.39 is 12.1 Å². The standard InChI is InChI=1S/C12H14ClNO4/c13-6-8(15)11(14)12(16)7-1-2-9-10(5-7)18-4-3-17-9/h1-2,5,8,11,15H,3-4,6,14H2. The molecule has 3 N–H and O–H groups in total. The summed E-state index contributed by atoms with van der Waals surface area (Å²) in [6.45, 7) is 0.936. The van der Waals surface area contributed by atoms with Gasteiger partial charge in [-0.15, -0.1) is 11.6 Å². The molecule has 1 aromatic carbocycles. The first-order chi connectivity index (χ1) is 8.63. The topological polar surface area (TPSA) is 81.8 Å². The molecule has 0 radical (unpaired) electrons. The smallest absolute Gasteiger partial charge is 0.182 e. The molecule has 0 bridgehead atoms.